The minimum absolute atomic E-state index is 0.0340. The van der Waals surface area contributed by atoms with Crippen molar-refractivity contribution in [3.05, 3.63) is 22.9 Å². The number of sulfone groups is 1. The summed E-state index contributed by atoms with van der Waals surface area (Å²) in [5.41, 5.74) is 10.4. The number of Topliss-reactive ketones (excluding diaryl/α,β-unsaturated/α-hetero) is 1. The van der Waals surface area contributed by atoms with Crippen LogP contribution in [0.25, 0.3) is 0 Å². The molecule has 0 radical (unpaired) electrons. The van der Waals surface area contributed by atoms with Crippen LogP contribution in [0.5, 0.6) is 0 Å². The minimum Gasteiger partial charge on any atom is -0.399 e. The molecule has 5 N–H and O–H groups in total. The van der Waals surface area contributed by atoms with Crippen molar-refractivity contribution in [3.63, 3.8) is 0 Å². The summed E-state index contributed by atoms with van der Waals surface area (Å²) >= 11 is 0. The molecule has 0 aromatic carbocycles. The average Bonchev–Trinajstić information content (AvgIpc) is 2.41. The fourth-order valence-corrected chi connectivity index (χ4v) is 3.44. The van der Waals surface area contributed by atoms with E-state index in [9.17, 15) is 13.2 Å². The highest BCUT2D eigenvalue weighted by molar-refractivity contribution is 7.95. The molecule has 0 aromatic rings. The van der Waals surface area contributed by atoms with Crippen molar-refractivity contribution >= 4 is 15.6 Å². The first-order valence-electron chi connectivity index (χ1n) is 7.28. The number of carbonyl (C=O) groups is 1. The molecule has 0 aromatic heterocycles. The van der Waals surface area contributed by atoms with E-state index in [1.54, 1.807) is 6.92 Å². The number of rotatable bonds is 8. The molecule has 0 saturated heterocycles. The van der Waals surface area contributed by atoms with Crippen LogP contribution in [0.15, 0.2) is 22.9 Å². The Morgan fingerprint density at radius 1 is 1.29 bits per heavy atom. The van der Waals surface area contributed by atoms with E-state index in [0.29, 0.717) is 12.8 Å². The van der Waals surface area contributed by atoms with Gasteiger partial charge in [-0.1, -0.05) is 26.7 Å². The lowest BCUT2D eigenvalue weighted by atomic mass is 9.95. The summed E-state index contributed by atoms with van der Waals surface area (Å²) < 4.78 is 24.0. The Balaban J connectivity index is 2.87. The van der Waals surface area contributed by atoms with Crippen LogP contribution < -0.4 is 16.8 Å². The highest BCUT2D eigenvalue weighted by Gasteiger charge is 2.38. The zero-order valence-electron chi connectivity index (χ0n) is 12.7. The Kier molecular flexibility index (Phi) is 5.98. The molecule has 0 aliphatic carbocycles. The van der Waals surface area contributed by atoms with E-state index < -0.39 is 15.5 Å². The van der Waals surface area contributed by atoms with Crippen LogP contribution in [0.1, 0.15) is 46.0 Å². The van der Waals surface area contributed by atoms with E-state index in [1.807, 2.05) is 6.92 Å². The Hall–Kier alpha value is -1.34. The van der Waals surface area contributed by atoms with Crippen molar-refractivity contribution < 1.29 is 13.2 Å². The van der Waals surface area contributed by atoms with Crippen molar-refractivity contribution in [2.75, 3.05) is 5.75 Å². The first-order valence-corrected chi connectivity index (χ1v) is 8.93. The zero-order valence-corrected chi connectivity index (χ0v) is 13.5. The second kappa shape index (κ2) is 7.09. The Morgan fingerprint density at radius 3 is 2.48 bits per heavy atom. The molecule has 1 atom stereocenters. The number of dihydropyridines is 1. The molecule has 0 spiro atoms. The van der Waals surface area contributed by atoms with E-state index in [-0.39, 0.29) is 22.1 Å². The quantitative estimate of drug-likeness (QED) is 0.573. The van der Waals surface area contributed by atoms with Gasteiger partial charge in [0.15, 0.2) is 21.3 Å². The monoisotopic (exact) mass is 315 g/mol. The van der Waals surface area contributed by atoms with Gasteiger partial charge in [0.25, 0.3) is 0 Å². The van der Waals surface area contributed by atoms with E-state index in [0.717, 1.165) is 19.3 Å². The van der Waals surface area contributed by atoms with Gasteiger partial charge >= 0.3 is 0 Å². The van der Waals surface area contributed by atoms with E-state index >= 15 is 0 Å². The molecule has 1 aliphatic rings. The molecule has 21 heavy (non-hydrogen) atoms. The maximum Gasteiger partial charge on any atom is 0.187 e. The number of unbranched alkanes of at least 4 members (excludes halogenated alkanes) is 2. The van der Waals surface area contributed by atoms with Gasteiger partial charge in [0, 0.05) is 12.6 Å². The standard InChI is InChI=1S/C14H25N3O3S/c1-3-5-6-7-13(18)14(16)12(15)9-11(10-17-14)21(19,20)8-4-2/h9-10,17H,3-8,15-16H2,1-2H3. The predicted octanol–water partition coefficient (Wildman–Crippen LogP) is 0.903. The van der Waals surface area contributed by atoms with E-state index in [2.05, 4.69) is 5.32 Å². The van der Waals surface area contributed by atoms with Gasteiger partial charge in [0.05, 0.1) is 16.4 Å². The number of nitrogens with two attached hydrogens (primary N) is 2. The summed E-state index contributed by atoms with van der Waals surface area (Å²) in [6, 6.07) is 0. The van der Waals surface area contributed by atoms with Crippen LogP contribution in [0, 0.1) is 0 Å². The molecule has 6 nitrogen and oxygen atoms in total. The molecule has 1 aliphatic heterocycles. The first-order chi connectivity index (χ1) is 9.78. The largest absolute Gasteiger partial charge is 0.399 e. The van der Waals surface area contributed by atoms with Crippen molar-refractivity contribution in [1.82, 2.24) is 5.32 Å². The minimum atomic E-state index is -3.39. The number of carbonyl (C=O) groups excluding carboxylic acids is 1. The summed E-state index contributed by atoms with van der Waals surface area (Å²) in [6.45, 7) is 3.83. The van der Waals surface area contributed by atoms with Crippen molar-refractivity contribution in [1.29, 1.82) is 0 Å². The van der Waals surface area contributed by atoms with Gasteiger partial charge in [-0.25, -0.2) is 8.42 Å². The first kappa shape index (κ1) is 17.7. The summed E-state index contributed by atoms with van der Waals surface area (Å²) in [5, 5.41) is 2.68. The summed E-state index contributed by atoms with van der Waals surface area (Å²) in [6.07, 6.45) is 6.08. The van der Waals surface area contributed by atoms with Crippen molar-refractivity contribution in [3.8, 4) is 0 Å². The summed E-state index contributed by atoms with van der Waals surface area (Å²) in [4.78, 5) is 12.3. The maximum atomic E-state index is 12.2. The molecular weight excluding hydrogens is 290 g/mol. The lowest BCUT2D eigenvalue weighted by Crippen LogP contribution is -2.62. The zero-order chi connectivity index (χ0) is 16.1. The smallest absolute Gasteiger partial charge is 0.187 e. The Bertz CT molecular complexity index is 552. The molecule has 1 unspecified atom stereocenters. The van der Waals surface area contributed by atoms with Crippen LogP contribution in [0.4, 0.5) is 0 Å². The number of hydrogen-bond donors (Lipinski definition) is 3. The van der Waals surface area contributed by atoms with Crippen LogP contribution in [-0.2, 0) is 14.6 Å². The fourth-order valence-electron chi connectivity index (χ4n) is 2.12. The number of hydrogen-bond acceptors (Lipinski definition) is 6. The molecule has 1 rings (SSSR count). The van der Waals surface area contributed by atoms with E-state index in [1.165, 1.54) is 12.3 Å². The van der Waals surface area contributed by atoms with Gasteiger partial charge in [-0.05, 0) is 18.9 Å². The molecule has 0 bridgehead atoms. The second-order valence-corrected chi connectivity index (χ2v) is 7.41. The van der Waals surface area contributed by atoms with Gasteiger partial charge in [0.1, 0.15) is 0 Å². The Morgan fingerprint density at radius 2 is 1.95 bits per heavy atom. The summed E-state index contributed by atoms with van der Waals surface area (Å²) in [5.74, 6) is -0.195. The van der Waals surface area contributed by atoms with Gasteiger partial charge in [-0.15, -0.1) is 0 Å². The number of allylic oxidation sites excluding steroid dienone is 1. The number of nitrogens with one attached hydrogen (secondary N) is 1. The maximum absolute atomic E-state index is 12.2. The van der Waals surface area contributed by atoms with Crippen molar-refractivity contribution in [2.45, 2.75) is 51.6 Å². The van der Waals surface area contributed by atoms with Gasteiger partial charge in [0.2, 0.25) is 0 Å². The van der Waals surface area contributed by atoms with Crippen LogP contribution in [0.3, 0.4) is 0 Å². The highest BCUT2D eigenvalue weighted by atomic mass is 32.2. The third kappa shape index (κ3) is 4.07. The van der Waals surface area contributed by atoms with Gasteiger partial charge in [-0.2, -0.15) is 0 Å². The normalized spacial score (nSPS) is 22.2. The van der Waals surface area contributed by atoms with Crippen LogP contribution >= 0.6 is 0 Å². The molecule has 120 valence electrons. The van der Waals surface area contributed by atoms with Gasteiger partial charge < -0.3 is 11.1 Å². The molecular formula is C14H25N3O3S. The average molecular weight is 315 g/mol. The fraction of sp³-hybridized carbons (Fsp3) is 0.643. The third-order valence-corrected chi connectivity index (χ3v) is 5.37. The second-order valence-electron chi connectivity index (χ2n) is 5.30. The molecule has 0 amide bonds. The number of ketones is 1. The molecule has 1 heterocycles. The van der Waals surface area contributed by atoms with Crippen molar-refractivity contribution in [2.24, 2.45) is 11.5 Å². The highest BCUT2D eigenvalue weighted by Crippen LogP contribution is 2.22. The van der Waals surface area contributed by atoms with Gasteiger partial charge in [-0.3, -0.25) is 10.5 Å². The molecule has 0 saturated carbocycles. The lowest BCUT2D eigenvalue weighted by Gasteiger charge is -2.32. The SMILES string of the molecule is CCCCCC(=O)C1(N)NC=C(S(=O)(=O)CCC)C=C1N. The Labute approximate surface area is 126 Å². The van der Waals surface area contributed by atoms with Crippen LogP contribution in [-0.4, -0.2) is 25.6 Å². The van der Waals surface area contributed by atoms with Crippen LogP contribution in [0.2, 0.25) is 0 Å². The topological polar surface area (TPSA) is 115 Å². The third-order valence-electron chi connectivity index (χ3n) is 3.47. The summed E-state index contributed by atoms with van der Waals surface area (Å²) in [7, 11) is -3.39. The lowest BCUT2D eigenvalue weighted by molar-refractivity contribution is -0.123. The predicted molar refractivity (Wildman–Crippen MR) is 83.6 cm³/mol. The molecule has 7 heteroatoms. The van der Waals surface area contributed by atoms with E-state index in [4.69, 9.17) is 11.5 Å². The molecule has 0 fully saturated rings.